The van der Waals surface area contributed by atoms with Crippen molar-refractivity contribution in [3.63, 3.8) is 0 Å². The minimum atomic E-state index is -3.82. The van der Waals surface area contributed by atoms with E-state index in [1.54, 1.807) is 31.2 Å². The van der Waals surface area contributed by atoms with E-state index in [4.69, 9.17) is 11.6 Å². The molecule has 0 radical (unpaired) electrons. The van der Waals surface area contributed by atoms with Gasteiger partial charge in [-0.05, 0) is 49.6 Å². The molecule has 0 heterocycles. The summed E-state index contributed by atoms with van der Waals surface area (Å²) in [5.41, 5.74) is 1.04. The summed E-state index contributed by atoms with van der Waals surface area (Å²) < 4.78 is 27.1. The molecule has 1 atom stereocenters. The van der Waals surface area contributed by atoms with Gasteiger partial charge in [0.1, 0.15) is 12.6 Å². The van der Waals surface area contributed by atoms with Gasteiger partial charge < -0.3 is 10.2 Å². The number of sulfonamides is 1. The van der Waals surface area contributed by atoms with E-state index in [9.17, 15) is 18.0 Å². The second-order valence-corrected chi connectivity index (χ2v) is 12.1. The van der Waals surface area contributed by atoms with Gasteiger partial charge in [-0.1, -0.05) is 71.1 Å². The van der Waals surface area contributed by atoms with Crippen molar-refractivity contribution in [2.75, 3.05) is 17.1 Å². The maximum atomic E-state index is 13.6. The van der Waals surface area contributed by atoms with Crippen LogP contribution >= 0.6 is 27.5 Å². The van der Waals surface area contributed by atoms with Crippen LogP contribution in [-0.4, -0.2) is 50.0 Å². The Balaban J connectivity index is 1.87. The topological polar surface area (TPSA) is 86.8 Å². The molecule has 1 aliphatic carbocycles. The molecule has 190 valence electrons. The van der Waals surface area contributed by atoms with Gasteiger partial charge in [-0.3, -0.25) is 13.9 Å². The number of benzene rings is 2. The number of para-hydroxylation sites is 1. The molecule has 1 aliphatic rings. The van der Waals surface area contributed by atoms with Crippen LogP contribution in [0.5, 0.6) is 0 Å². The Labute approximate surface area is 221 Å². The van der Waals surface area contributed by atoms with Gasteiger partial charge in [-0.25, -0.2) is 8.42 Å². The first-order chi connectivity index (χ1) is 16.6. The predicted molar refractivity (Wildman–Crippen MR) is 143 cm³/mol. The van der Waals surface area contributed by atoms with E-state index < -0.39 is 28.5 Å². The van der Waals surface area contributed by atoms with Gasteiger partial charge in [0.15, 0.2) is 0 Å². The highest BCUT2D eigenvalue weighted by Gasteiger charge is 2.31. The molecule has 2 aromatic rings. The van der Waals surface area contributed by atoms with Gasteiger partial charge in [-0.15, -0.1) is 0 Å². The van der Waals surface area contributed by atoms with Crippen molar-refractivity contribution in [2.24, 2.45) is 0 Å². The summed E-state index contributed by atoms with van der Waals surface area (Å²) in [5, 5.41) is 3.30. The number of nitrogens with one attached hydrogen (secondary N) is 1. The predicted octanol–water partition coefficient (Wildman–Crippen LogP) is 4.73. The van der Waals surface area contributed by atoms with Crippen LogP contribution in [0, 0.1) is 0 Å². The van der Waals surface area contributed by atoms with E-state index >= 15 is 0 Å². The third kappa shape index (κ3) is 7.69. The lowest BCUT2D eigenvalue weighted by Crippen LogP contribution is -2.53. The fourth-order valence-corrected chi connectivity index (χ4v) is 5.60. The van der Waals surface area contributed by atoms with E-state index in [1.807, 2.05) is 24.3 Å². The Hall–Kier alpha value is -2.10. The van der Waals surface area contributed by atoms with Crippen LogP contribution in [0.2, 0.25) is 5.02 Å². The SMILES string of the molecule is C[C@H](C(=O)NC1CCCCC1)N(Cc1ccc(Br)cc1)C(=O)CN(c1ccccc1Cl)S(C)(=O)=O. The smallest absolute Gasteiger partial charge is 0.244 e. The van der Waals surface area contributed by atoms with Crippen LogP contribution in [0.15, 0.2) is 53.0 Å². The number of nitrogens with zero attached hydrogens (tertiary/aromatic N) is 2. The summed E-state index contributed by atoms with van der Waals surface area (Å²) in [5.74, 6) is -0.740. The van der Waals surface area contributed by atoms with Crippen LogP contribution in [-0.2, 0) is 26.2 Å². The zero-order chi connectivity index (χ0) is 25.6. The molecule has 2 amide bonds. The number of carbonyl (C=O) groups excluding carboxylic acids is 2. The molecule has 0 unspecified atom stereocenters. The molecule has 0 bridgehead atoms. The third-order valence-corrected chi connectivity index (χ3v) is 8.16. The van der Waals surface area contributed by atoms with Crippen molar-refractivity contribution in [3.8, 4) is 0 Å². The van der Waals surface area contributed by atoms with Crippen LogP contribution in [0.4, 0.5) is 5.69 Å². The molecule has 0 saturated heterocycles. The Morgan fingerprint density at radius 3 is 2.31 bits per heavy atom. The fraction of sp³-hybridized carbons (Fsp3) is 0.440. The van der Waals surface area contributed by atoms with Gasteiger partial charge in [0, 0.05) is 17.1 Å². The fourth-order valence-electron chi connectivity index (χ4n) is 4.19. The number of rotatable bonds is 9. The van der Waals surface area contributed by atoms with Crippen molar-refractivity contribution in [3.05, 3.63) is 63.6 Å². The molecule has 10 heteroatoms. The largest absolute Gasteiger partial charge is 0.352 e. The van der Waals surface area contributed by atoms with Crippen molar-refractivity contribution < 1.29 is 18.0 Å². The summed E-state index contributed by atoms with van der Waals surface area (Å²) in [6, 6.07) is 13.2. The lowest BCUT2D eigenvalue weighted by atomic mass is 9.95. The normalized spacial score (nSPS) is 15.3. The highest BCUT2D eigenvalue weighted by atomic mass is 79.9. The number of hydrogen-bond donors (Lipinski definition) is 1. The van der Waals surface area contributed by atoms with Gasteiger partial charge in [0.2, 0.25) is 21.8 Å². The standard InChI is InChI=1S/C25H31BrClN3O4S/c1-18(25(32)28-21-8-4-3-5-9-21)29(16-19-12-14-20(26)15-13-19)24(31)17-30(35(2,33)34)23-11-7-6-10-22(23)27/h6-7,10-15,18,21H,3-5,8-9,16-17H2,1-2H3,(H,28,32)/t18-/m1/s1. The Kier molecular flexibility index (Phi) is 9.61. The molecule has 1 saturated carbocycles. The maximum Gasteiger partial charge on any atom is 0.244 e. The number of halogens is 2. The minimum absolute atomic E-state index is 0.0963. The number of hydrogen-bond acceptors (Lipinski definition) is 4. The van der Waals surface area contributed by atoms with E-state index in [-0.39, 0.29) is 29.2 Å². The van der Waals surface area contributed by atoms with Gasteiger partial charge in [-0.2, -0.15) is 0 Å². The molecule has 3 rings (SSSR count). The zero-order valence-corrected chi connectivity index (χ0v) is 23.1. The number of amides is 2. The summed E-state index contributed by atoms with van der Waals surface area (Å²) in [6.45, 7) is 1.36. The molecular weight excluding hydrogens is 554 g/mol. The molecule has 1 fully saturated rings. The first-order valence-corrected chi connectivity index (χ1v) is 14.6. The number of anilines is 1. The summed E-state index contributed by atoms with van der Waals surface area (Å²) in [4.78, 5) is 28.2. The van der Waals surface area contributed by atoms with Crippen molar-refractivity contribution >= 4 is 55.1 Å². The average molecular weight is 585 g/mol. The molecular formula is C25H31BrClN3O4S. The Morgan fingerprint density at radius 2 is 1.71 bits per heavy atom. The van der Waals surface area contributed by atoms with E-state index in [1.165, 1.54) is 11.3 Å². The van der Waals surface area contributed by atoms with Gasteiger partial charge in [0.25, 0.3) is 0 Å². The van der Waals surface area contributed by atoms with Crippen LogP contribution < -0.4 is 9.62 Å². The lowest BCUT2D eigenvalue weighted by Gasteiger charge is -2.33. The second-order valence-electron chi connectivity index (χ2n) is 8.89. The van der Waals surface area contributed by atoms with E-state index in [0.29, 0.717) is 0 Å². The maximum absolute atomic E-state index is 13.6. The van der Waals surface area contributed by atoms with Crippen LogP contribution in [0.1, 0.15) is 44.6 Å². The van der Waals surface area contributed by atoms with E-state index in [0.717, 1.165) is 46.3 Å². The summed E-state index contributed by atoms with van der Waals surface area (Å²) >= 11 is 9.66. The second kappa shape index (κ2) is 12.2. The van der Waals surface area contributed by atoms with E-state index in [2.05, 4.69) is 21.2 Å². The molecule has 35 heavy (non-hydrogen) atoms. The average Bonchev–Trinajstić information content (AvgIpc) is 2.82. The van der Waals surface area contributed by atoms with Crippen LogP contribution in [0.3, 0.4) is 0 Å². The minimum Gasteiger partial charge on any atom is -0.352 e. The molecule has 1 N–H and O–H groups in total. The first kappa shape index (κ1) is 27.5. The molecule has 7 nitrogen and oxygen atoms in total. The highest BCUT2D eigenvalue weighted by Crippen LogP contribution is 2.27. The van der Waals surface area contributed by atoms with Crippen LogP contribution in [0.25, 0.3) is 0 Å². The van der Waals surface area contributed by atoms with Gasteiger partial charge >= 0.3 is 0 Å². The Bertz CT molecular complexity index is 1140. The van der Waals surface area contributed by atoms with Crippen molar-refractivity contribution in [1.82, 2.24) is 10.2 Å². The number of carbonyl (C=O) groups is 2. The summed E-state index contributed by atoms with van der Waals surface area (Å²) in [7, 11) is -3.82. The molecule has 0 spiro atoms. The van der Waals surface area contributed by atoms with Gasteiger partial charge in [0.05, 0.1) is 17.0 Å². The van der Waals surface area contributed by atoms with Crippen molar-refractivity contribution in [1.29, 1.82) is 0 Å². The Morgan fingerprint density at radius 1 is 1.09 bits per heavy atom. The molecule has 0 aliphatic heterocycles. The lowest BCUT2D eigenvalue weighted by molar-refractivity contribution is -0.139. The monoisotopic (exact) mass is 583 g/mol. The molecule has 2 aromatic carbocycles. The quantitative estimate of drug-likeness (QED) is 0.462. The highest BCUT2D eigenvalue weighted by molar-refractivity contribution is 9.10. The first-order valence-electron chi connectivity index (χ1n) is 11.6. The zero-order valence-electron chi connectivity index (χ0n) is 19.9. The summed E-state index contributed by atoms with van der Waals surface area (Å²) in [6.07, 6.45) is 6.19. The molecule has 0 aromatic heterocycles. The third-order valence-electron chi connectivity index (χ3n) is 6.19. The van der Waals surface area contributed by atoms with Crippen molar-refractivity contribution in [2.45, 2.75) is 57.7 Å².